The third-order valence-electron chi connectivity index (χ3n) is 1.25. The van der Waals surface area contributed by atoms with E-state index in [1.807, 2.05) is 0 Å². The van der Waals surface area contributed by atoms with Gasteiger partial charge < -0.3 is 5.73 Å². The molecule has 0 radical (unpaired) electrons. The fourth-order valence-electron chi connectivity index (χ4n) is 0.707. The van der Waals surface area contributed by atoms with Gasteiger partial charge in [-0.1, -0.05) is 5.92 Å². The minimum absolute atomic E-state index is 0.0552. The highest BCUT2D eigenvalue weighted by Gasteiger charge is 2.32. The van der Waals surface area contributed by atoms with Crippen molar-refractivity contribution in [2.75, 3.05) is 6.54 Å². The smallest absolute Gasteiger partial charge is 0.320 e. The number of rotatable bonds is 0. The predicted molar refractivity (Wildman–Crippen MR) is 43.0 cm³/mol. The van der Waals surface area contributed by atoms with Crippen LogP contribution >= 0.6 is 0 Å². The summed E-state index contributed by atoms with van der Waals surface area (Å²) in [5.74, 6) is 4.51. The standard InChI is InChI=1S/C8H6F3N3/c9-8(10,11)6-3-5-13-7(14-6)2-1-4-12/h3,5H,4,12H2. The second-order valence-electron chi connectivity index (χ2n) is 2.27. The van der Waals surface area contributed by atoms with Crippen LogP contribution in [0.4, 0.5) is 13.2 Å². The Morgan fingerprint density at radius 1 is 1.43 bits per heavy atom. The van der Waals surface area contributed by atoms with Crippen molar-refractivity contribution in [2.24, 2.45) is 5.73 Å². The first kappa shape index (κ1) is 10.5. The average molecular weight is 201 g/mol. The maximum Gasteiger partial charge on any atom is 0.433 e. The summed E-state index contributed by atoms with van der Waals surface area (Å²) in [5.41, 5.74) is 4.04. The summed E-state index contributed by atoms with van der Waals surface area (Å²) >= 11 is 0. The molecule has 0 saturated carbocycles. The highest BCUT2D eigenvalue weighted by molar-refractivity contribution is 5.22. The Hall–Kier alpha value is -1.61. The van der Waals surface area contributed by atoms with Crippen LogP contribution in [0.2, 0.25) is 0 Å². The van der Waals surface area contributed by atoms with E-state index in [2.05, 4.69) is 21.8 Å². The van der Waals surface area contributed by atoms with Crippen molar-refractivity contribution in [3.8, 4) is 11.8 Å². The molecule has 1 aromatic rings. The van der Waals surface area contributed by atoms with Gasteiger partial charge in [-0.15, -0.1) is 0 Å². The molecule has 1 aromatic heterocycles. The number of nitrogens with two attached hydrogens (primary N) is 1. The zero-order chi connectivity index (χ0) is 10.6. The fraction of sp³-hybridized carbons (Fsp3) is 0.250. The molecule has 3 nitrogen and oxygen atoms in total. The lowest BCUT2D eigenvalue weighted by molar-refractivity contribution is -0.141. The molecule has 0 aromatic carbocycles. The van der Waals surface area contributed by atoms with E-state index in [0.717, 1.165) is 12.3 Å². The van der Waals surface area contributed by atoms with Gasteiger partial charge in [0.2, 0.25) is 5.82 Å². The molecule has 0 aliphatic rings. The lowest BCUT2D eigenvalue weighted by Crippen LogP contribution is -2.09. The van der Waals surface area contributed by atoms with Crippen molar-refractivity contribution < 1.29 is 13.2 Å². The second kappa shape index (κ2) is 4.07. The molecular formula is C8H6F3N3. The Bertz CT molecular complexity index is 375. The van der Waals surface area contributed by atoms with Crippen LogP contribution in [-0.2, 0) is 6.18 Å². The number of nitrogens with zero attached hydrogens (tertiary/aromatic N) is 2. The molecule has 0 aliphatic heterocycles. The summed E-state index contributed by atoms with van der Waals surface area (Å²) in [4.78, 5) is 6.77. The zero-order valence-electron chi connectivity index (χ0n) is 6.97. The average Bonchev–Trinajstić information content (AvgIpc) is 2.14. The number of alkyl halides is 3. The van der Waals surface area contributed by atoms with Crippen molar-refractivity contribution >= 4 is 0 Å². The molecule has 2 N–H and O–H groups in total. The summed E-state index contributed by atoms with van der Waals surface area (Å²) in [7, 11) is 0. The van der Waals surface area contributed by atoms with E-state index >= 15 is 0 Å². The Labute approximate surface area is 78.2 Å². The largest absolute Gasteiger partial charge is 0.433 e. The second-order valence-corrected chi connectivity index (χ2v) is 2.27. The molecule has 0 atom stereocenters. The van der Waals surface area contributed by atoms with Crippen molar-refractivity contribution in [1.82, 2.24) is 9.97 Å². The monoisotopic (exact) mass is 201 g/mol. The van der Waals surface area contributed by atoms with Crippen LogP contribution in [0.15, 0.2) is 12.3 Å². The first-order valence-electron chi connectivity index (χ1n) is 3.63. The summed E-state index contributed by atoms with van der Waals surface area (Å²) in [5, 5.41) is 0. The van der Waals surface area contributed by atoms with Crippen molar-refractivity contribution in [2.45, 2.75) is 6.18 Å². The van der Waals surface area contributed by atoms with Crippen LogP contribution in [0.3, 0.4) is 0 Å². The van der Waals surface area contributed by atoms with Gasteiger partial charge in [0.15, 0.2) is 0 Å². The van der Waals surface area contributed by atoms with E-state index in [0.29, 0.717) is 0 Å². The Balaban J connectivity index is 3.02. The topological polar surface area (TPSA) is 51.8 Å². The maximum absolute atomic E-state index is 12.1. The minimum Gasteiger partial charge on any atom is -0.320 e. The Morgan fingerprint density at radius 3 is 2.71 bits per heavy atom. The predicted octanol–water partition coefficient (Wildman–Crippen LogP) is 0.806. The maximum atomic E-state index is 12.1. The summed E-state index contributed by atoms with van der Waals surface area (Å²) in [6.45, 7) is 0.0552. The third kappa shape index (κ3) is 2.71. The summed E-state index contributed by atoms with van der Waals surface area (Å²) < 4.78 is 36.4. The minimum atomic E-state index is -4.47. The van der Waals surface area contributed by atoms with E-state index in [9.17, 15) is 13.2 Å². The molecule has 14 heavy (non-hydrogen) atoms. The molecule has 0 aliphatic carbocycles. The first-order valence-corrected chi connectivity index (χ1v) is 3.63. The lowest BCUT2D eigenvalue weighted by atomic mass is 10.4. The number of aromatic nitrogens is 2. The van der Waals surface area contributed by atoms with Gasteiger partial charge in [0.1, 0.15) is 5.69 Å². The molecule has 1 heterocycles. The zero-order valence-corrected chi connectivity index (χ0v) is 6.97. The van der Waals surface area contributed by atoms with E-state index in [4.69, 9.17) is 5.73 Å². The van der Waals surface area contributed by atoms with Crippen molar-refractivity contribution in [1.29, 1.82) is 0 Å². The van der Waals surface area contributed by atoms with Gasteiger partial charge >= 0.3 is 6.18 Å². The van der Waals surface area contributed by atoms with Crippen LogP contribution in [0.25, 0.3) is 0 Å². The number of hydrogen-bond donors (Lipinski definition) is 1. The molecule has 6 heteroatoms. The normalized spacial score (nSPS) is 10.6. The summed E-state index contributed by atoms with van der Waals surface area (Å²) in [6, 6.07) is 0.785. The first-order chi connectivity index (χ1) is 6.54. The van der Waals surface area contributed by atoms with Crippen LogP contribution in [0, 0.1) is 11.8 Å². The molecule has 0 bridgehead atoms. The number of halogens is 3. The van der Waals surface area contributed by atoms with Crippen LogP contribution in [0.5, 0.6) is 0 Å². The SMILES string of the molecule is NCC#Cc1nccc(C(F)(F)F)n1. The van der Waals surface area contributed by atoms with Gasteiger partial charge in [-0.3, -0.25) is 0 Å². The molecule has 0 amide bonds. The van der Waals surface area contributed by atoms with Gasteiger partial charge in [0.05, 0.1) is 6.54 Å². The van der Waals surface area contributed by atoms with Gasteiger partial charge in [0, 0.05) is 6.20 Å². The Morgan fingerprint density at radius 2 is 2.14 bits per heavy atom. The number of hydrogen-bond acceptors (Lipinski definition) is 3. The van der Waals surface area contributed by atoms with E-state index in [-0.39, 0.29) is 12.4 Å². The quantitative estimate of drug-likeness (QED) is 0.632. The molecule has 74 valence electrons. The van der Waals surface area contributed by atoms with E-state index in [1.165, 1.54) is 0 Å². The van der Waals surface area contributed by atoms with E-state index in [1.54, 1.807) is 0 Å². The molecule has 1 rings (SSSR count). The Kier molecular flexibility index (Phi) is 3.04. The molecule has 0 saturated heterocycles. The highest BCUT2D eigenvalue weighted by Crippen LogP contribution is 2.26. The van der Waals surface area contributed by atoms with Crippen molar-refractivity contribution in [3.05, 3.63) is 23.8 Å². The molecule has 0 unspecified atom stereocenters. The molecular weight excluding hydrogens is 195 g/mol. The van der Waals surface area contributed by atoms with Crippen LogP contribution in [0.1, 0.15) is 11.5 Å². The summed E-state index contributed by atoms with van der Waals surface area (Å²) in [6.07, 6.45) is -3.46. The van der Waals surface area contributed by atoms with Crippen molar-refractivity contribution in [3.63, 3.8) is 0 Å². The molecule has 0 fully saturated rings. The van der Waals surface area contributed by atoms with Gasteiger partial charge in [0.25, 0.3) is 0 Å². The van der Waals surface area contributed by atoms with Gasteiger partial charge in [-0.2, -0.15) is 13.2 Å². The molecule has 0 spiro atoms. The van der Waals surface area contributed by atoms with Crippen LogP contribution < -0.4 is 5.73 Å². The fourth-order valence-corrected chi connectivity index (χ4v) is 0.707. The highest BCUT2D eigenvalue weighted by atomic mass is 19.4. The van der Waals surface area contributed by atoms with Gasteiger partial charge in [-0.05, 0) is 12.0 Å². The lowest BCUT2D eigenvalue weighted by Gasteiger charge is -2.03. The van der Waals surface area contributed by atoms with E-state index < -0.39 is 11.9 Å². The van der Waals surface area contributed by atoms with Crippen LogP contribution in [-0.4, -0.2) is 16.5 Å². The van der Waals surface area contributed by atoms with Gasteiger partial charge in [-0.25, -0.2) is 9.97 Å². The third-order valence-corrected chi connectivity index (χ3v) is 1.25.